The highest BCUT2D eigenvalue weighted by atomic mass is 15.4. The highest BCUT2D eigenvalue weighted by molar-refractivity contribution is 5.33. The van der Waals surface area contributed by atoms with Gasteiger partial charge in [0.15, 0.2) is 0 Å². The van der Waals surface area contributed by atoms with Crippen LogP contribution in [0.3, 0.4) is 0 Å². The van der Waals surface area contributed by atoms with Crippen molar-refractivity contribution in [1.29, 1.82) is 0 Å². The maximum absolute atomic E-state index is 8.46. The standard InChI is InChI=1S/C8N26/c9-31-27-3-13-1(14-4(17-3)28-32-10)19-21-7-23-25-8(26-24-7)22-20-2-15-5(29-33-11)18-6(16-2)30-34-12. The highest BCUT2D eigenvalue weighted by Crippen LogP contribution is 2.19. The van der Waals surface area contributed by atoms with Crippen molar-refractivity contribution in [3.63, 3.8) is 0 Å². The van der Waals surface area contributed by atoms with Crippen molar-refractivity contribution < 1.29 is 0 Å². The van der Waals surface area contributed by atoms with Gasteiger partial charge in [-0.1, -0.05) is 0 Å². The molecular weight excluding hydrogens is 460 g/mol. The molecule has 26 heteroatoms. The maximum atomic E-state index is 8.46. The minimum absolute atomic E-state index is 0.369. The van der Waals surface area contributed by atoms with Gasteiger partial charge in [-0.2, -0.15) is 19.9 Å². The molecule has 0 saturated carbocycles. The van der Waals surface area contributed by atoms with Crippen LogP contribution in [0.4, 0.5) is 47.6 Å². The molecule has 0 amide bonds. The Balaban J connectivity index is 1.80. The zero-order valence-corrected chi connectivity index (χ0v) is 15.6. The number of hydrogen-bond acceptors (Lipinski definition) is 18. The van der Waals surface area contributed by atoms with Crippen LogP contribution < -0.4 is 0 Å². The Morgan fingerprint density at radius 2 is 0.588 bits per heavy atom. The summed E-state index contributed by atoms with van der Waals surface area (Å²) in [6.45, 7) is 0. The van der Waals surface area contributed by atoms with Gasteiger partial charge in [0, 0.05) is 19.6 Å². The van der Waals surface area contributed by atoms with Gasteiger partial charge >= 0.3 is 11.9 Å². The molecule has 0 saturated heterocycles. The van der Waals surface area contributed by atoms with E-state index in [9.17, 15) is 0 Å². The summed E-state index contributed by atoms with van der Waals surface area (Å²) in [5.41, 5.74) is 33.8. The average molecular weight is 460 g/mol. The first kappa shape index (κ1) is 22.1. The van der Waals surface area contributed by atoms with E-state index >= 15 is 0 Å². The van der Waals surface area contributed by atoms with Crippen LogP contribution in [0, 0.1) is 0 Å². The van der Waals surface area contributed by atoms with Crippen LogP contribution >= 0.6 is 0 Å². The van der Waals surface area contributed by atoms with Gasteiger partial charge in [0.1, 0.15) is 0 Å². The van der Waals surface area contributed by atoms with Crippen molar-refractivity contribution in [2.75, 3.05) is 0 Å². The monoisotopic (exact) mass is 460 g/mol. The van der Waals surface area contributed by atoms with Crippen LogP contribution in [0.15, 0.2) is 40.9 Å². The van der Waals surface area contributed by atoms with Crippen molar-refractivity contribution in [2.24, 2.45) is 40.9 Å². The highest BCUT2D eigenvalue weighted by Gasteiger charge is 2.06. The third-order valence-electron chi connectivity index (χ3n) is 2.65. The van der Waals surface area contributed by atoms with E-state index in [2.05, 4.69) is 111 Å². The lowest BCUT2D eigenvalue weighted by atomic mass is 10.8. The van der Waals surface area contributed by atoms with Crippen LogP contribution in [-0.2, 0) is 0 Å². The lowest BCUT2D eigenvalue weighted by Crippen LogP contribution is -1.91. The van der Waals surface area contributed by atoms with E-state index in [1.54, 1.807) is 0 Å². The molecule has 0 aromatic carbocycles. The molecule has 0 radical (unpaired) electrons. The molecule has 0 atom stereocenters. The van der Waals surface area contributed by atoms with Gasteiger partial charge in [0.25, 0.3) is 11.9 Å². The molecule has 3 rings (SSSR count). The van der Waals surface area contributed by atoms with E-state index in [0.29, 0.717) is 0 Å². The lowest BCUT2D eigenvalue weighted by Gasteiger charge is -1.95. The SMILES string of the molecule is [N-]=[N+]=Nc1nc(N=Nc2nnc(N=Nc3nc(N=[N+]=[N-])nc(N=[N+]=[N-])n3)nn2)nc(N=[N+]=[N-])n1. The molecule has 3 heterocycles. The third-order valence-corrected chi connectivity index (χ3v) is 2.65. The second-order valence-corrected chi connectivity index (χ2v) is 4.63. The van der Waals surface area contributed by atoms with Crippen molar-refractivity contribution in [3.05, 3.63) is 41.8 Å². The topological polar surface area (TPSA) is 373 Å². The first-order chi connectivity index (χ1) is 16.6. The molecule has 0 spiro atoms. The summed E-state index contributed by atoms with van der Waals surface area (Å²) in [5, 5.41) is 41.1. The van der Waals surface area contributed by atoms with Crippen molar-refractivity contribution >= 4 is 47.6 Å². The first-order valence-corrected chi connectivity index (χ1v) is 7.77. The number of azide groups is 4. The average Bonchev–Trinajstić information content (AvgIpc) is 2.83. The van der Waals surface area contributed by atoms with Gasteiger partial charge < -0.3 is 0 Å². The second kappa shape index (κ2) is 11.0. The molecule has 0 fully saturated rings. The molecule has 0 aliphatic carbocycles. The summed E-state index contributed by atoms with van der Waals surface area (Å²) in [4.78, 5) is 31.7. The van der Waals surface area contributed by atoms with E-state index < -0.39 is 35.7 Å². The largest absolute Gasteiger partial charge is 0.306 e. The number of hydrogen-bond donors (Lipinski definition) is 0. The van der Waals surface area contributed by atoms with Crippen LogP contribution in [0.25, 0.3) is 41.8 Å². The molecule has 26 nitrogen and oxygen atoms in total. The molecule has 34 heavy (non-hydrogen) atoms. The van der Waals surface area contributed by atoms with E-state index in [1.165, 1.54) is 0 Å². The molecule has 0 aliphatic heterocycles. The molecule has 0 unspecified atom stereocenters. The molecule has 0 aliphatic rings. The number of aromatic nitrogens is 10. The van der Waals surface area contributed by atoms with E-state index in [0.717, 1.165) is 0 Å². The summed E-state index contributed by atoms with van der Waals surface area (Å²) in [6, 6.07) is 0. The molecule has 162 valence electrons. The third kappa shape index (κ3) is 6.20. The normalized spacial score (nSPS) is 10.1. The summed E-state index contributed by atoms with van der Waals surface area (Å²) >= 11 is 0. The van der Waals surface area contributed by atoms with Crippen molar-refractivity contribution in [2.45, 2.75) is 0 Å². The molecular formula is C8N26. The second-order valence-electron chi connectivity index (χ2n) is 4.63. The zero-order valence-electron chi connectivity index (χ0n) is 15.6. The number of nitrogens with zero attached hydrogens (tertiary/aromatic N) is 26. The summed E-state index contributed by atoms with van der Waals surface area (Å²) in [7, 11) is 0. The maximum Gasteiger partial charge on any atom is 0.306 e. The summed E-state index contributed by atoms with van der Waals surface area (Å²) in [5.74, 6) is -3.22. The van der Waals surface area contributed by atoms with Gasteiger partial charge in [-0.05, 0) is 42.6 Å². The zero-order chi connectivity index (χ0) is 24.2. The quantitative estimate of drug-likeness (QED) is 0.261. The van der Waals surface area contributed by atoms with E-state index in [1.807, 2.05) is 0 Å². The number of rotatable bonds is 8. The number of azo groups is 2. The Labute approximate surface area is 181 Å². The van der Waals surface area contributed by atoms with Gasteiger partial charge in [-0.3, -0.25) is 0 Å². The molecule has 3 aromatic rings. The summed E-state index contributed by atoms with van der Waals surface area (Å²) < 4.78 is 0. The van der Waals surface area contributed by atoms with E-state index in [4.69, 9.17) is 22.1 Å². The van der Waals surface area contributed by atoms with Crippen molar-refractivity contribution in [1.82, 2.24) is 50.3 Å². The van der Waals surface area contributed by atoms with Crippen molar-refractivity contribution in [3.8, 4) is 0 Å². The Morgan fingerprint density at radius 1 is 0.353 bits per heavy atom. The van der Waals surface area contributed by atoms with Crippen LogP contribution in [-0.4, -0.2) is 50.3 Å². The molecule has 0 N–H and O–H groups in total. The summed E-state index contributed by atoms with van der Waals surface area (Å²) in [6.07, 6.45) is 0. The fraction of sp³-hybridized carbons (Fsp3) is 0. The molecule has 3 aromatic heterocycles. The predicted molar refractivity (Wildman–Crippen MR) is 101 cm³/mol. The van der Waals surface area contributed by atoms with E-state index in [-0.39, 0.29) is 11.9 Å². The van der Waals surface area contributed by atoms with Gasteiger partial charge in [0.05, 0.1) is 0 Å². The Hall–Kier alpha value is -6.60. The minimum Gasteiger partial charge on any atom is -0.205 e. The predicted octanol–water partition coefficient (Wildman–Crippen LogP) is 4.23. The molecule has 0 bridgehead atoms. The van der Waals surface area contributed by atoms with Gasteiger partial charge in [-0.25, -0.2) is 9.97 Å². The van der Waals surface area contributed by atoms with Crippen LogP contribution in [0.2, 0.25) is 0 Å². The smallest absolute Gasteiger partial charge is 0.205 e. The van der Waals surface area contributed by atoms with Crippen LogP contribution in [0.1, 0.15) is 0 Å². The first-order valence-electron chi connectivity index (χ1n) is 7.77. The van der Waals surface area contributed by atoms with Gasteiger partial charge in [0.2, 0.25) is 23.8 Å². The Morgan fingerprint density at radius 3 is 0.853 bits per heavy atom. The van der Waals surface area contributed by atoms with Crippen LogP contribution in [0.5, 0.6) is 0 Å². The Kier molecular flexibility index (Phi) is 7.13. The van der Waals surface area contributed by atoms with Gasteiger partial charge in [-0.15, -0.1) is 40.9 Å². The minimum atomic E-state index is -0.424. The Bertz CT molecular complexity index is 1270. The lowest BCUT2D eigenvalue weighted by molar-refractivity contribution is 0.823. The fourth-order valence-corrected chi connectivity index (χ4v) is 1.59. The fourth-order valence-electron chi connectivity index (χ4n) is 1.59.